The zero-order valence-electron chi connectivity index (χ0n) is 21.0. The van der Waals surface area contributed by atoms with Crippen LogP contribution in [-0.2, 0) is 9.53 Å². The quantitative estimate of drug-likeness (QED) is 0.426. The molecule has 33 heavy (non-hydrogen) atoms. The molecule has 0 radical (unpaired) electrons. The molecule has 1 aromatic carbocycles. The Morgan fingerprint density at radius 1 is 1.24 bits per heavy atom. The molecule has 2 aromatic rings. The summed E-state index contributed by atoms with van der Waals surface area (Å²) in [6, 6.07) is 7.78. The highest BCUT2D eigenvalue weighted by Crippen LogP contribution is 2.55. The van der Waals surface area contributed by atoms with Gasteiger partial charge >= 0.3 is 5.97 Å². The van der Waals surface area contributed by atoms with Gasteiger partial charge in [0.05, 0.1) is 5.70 Å². The number of hydrogen-bond acceptors (Lipinski definition) is 4. The van der Waals surface area contributed by atoms with Gasteiger partial charge in [0.25, 0.3) is 0 Å². The van der Waals surface area contributed by atoms with E-state index in [0.29, 0.717) is 16.9 Å². The van der Waals surface area contributed by atoms with Crippen molar-refractivity contribution in [2.24, 2.45) is 29.1 Å². The van der Waals surface area contributed by atoms with Gasteiger partial charge in [-0.1, -0.05) is 71.7 Å². The first-order valence-corrected chi connectivity index (χ1v) is 12.3. The lowest BCUT2D eigenvalue weighted by Crippen LogP contribution is -2.58. The van der Waals surface area contributed by atoms with Crippen molar-refractivity contribution in [1.82, 2.24) is 14.8 Å². The van der Waals surface area contributed by atoms with Crippen molar-refractivity contribution in [3.8, 4) is 0 Å². The highest BCUT2D eigenvalue weighted by Gasteiger charge is 2.57. The average Bonchev–Trinajstić information content (AvgIpc) is 3.22. The van der Waals surface area contributed by atoms with Gasteiger partial charge in [-0.15, -0.1) is 0 Å². The lowest BCUT2D eigenvalue weighted by molar-refractivity contribution is -0.190. The van der Waals surface area contributed by atoms with Gasteiger partial charge in [-0.2, -0.15) is 5.10 Å². The summed E-state index contributed by atoms with van der Waals surface area (Å²) in [4.78, 5) is 16.9. The summed E-state index contributed by atoms with van der Waals surface area (Å²) in [6.45, 7) is 15.0. The van der Waals surface area contributed by atoms with Gasteiger partial charge in [0, 0.05) is 23.8 Å². The summed E-state index contributed by atoms with van der Waals surface area (Å²) in [7, 11) is 0. The van der Waals surface area contributed by atoms with Crippen molar-refractivity contribution in [2.45, 2.75) is 73.3 Å². The van der Waals surface area contributed by atoms with Crippen molar-refractivity contribution < 1.29 is 9.53 Å². The monoisotopic (exact) mass is 471 g/mol. The number of nitrogens with zero attached hydrogens (tertiary/aromatic N) is 3. The molecule has 0 bridgehead atoms. The second kappa shape index (κ2) is 10.0. The Kier molecular flexibility index (Phi) is 7.73. The molecule has 1 saturated carbocycles. The predicted octanol–water partition coefficient (Wildman–Crippen LogP) is 6.99. The molecule has 0 amide bonds. The second-order valence-corrected chi connectivity index (χ2v) is 11.5. The molecule has 5 nitrogen and oxygen atoms in total. The van der Waals surface area contributed by atoms with Crippen molar-refractivity contribution in [3.63, 3.8) is 0 Å². The first-order valence-electron chi connectivity index (χ1n) is 12.0. The summed E-state index contributed by atoms with van der Waals surface area (Å²) in [5, 5.41) is 5.22. The van der Waals surface area contributed by atoms with E-state index >= 15 is 0 Å². The number of benzene rings is 1. The summed E-state index contributed by atoms with van der Waals surface area (Å²) in [6.07, 6.45) is 8.43. The number of rotatable bonds is 6. The van der Waals surface area contributed by atoms with E-state index in [9.17, 15) is 4.79 Å². The lowest BCUT2D eigenvalue weighted by atomic mass is 9.55. The minimum atomic E-state index is -0.653. The van der Waals surface area contributed by atoms with Gasteiger partial charge in [0.15, 0.2) is 0 Å². The van der Waals surface area contributed by atoms with Crippen LogP contribution in [0, 0.1) is 29.1 Å². The van der Waals surface area contributed by atoms with E-state index in [4.69, 9.17) is 16.3 Å². The number of carbonyl (C=O) groups excluding carboxylic acids is 1. The maximum Gasteiger partial charge on any atom is 0.303 e. The Balaban J connectivity index is 2.31. The molecule has 4 unspecified atom stereocenters. The number of hydrogen-bond donors (Lipinski definition) is 0. The zero-order chi connectivity index (χ0) is 24.4. The fraction of sp³-hybridized carbons (Fsp3) is 0.593. The largest absolute Gasteiger partial charge is 0.458 e. The summed E-state index contributed by atoms with van der Waals surface area (Å²) in [5.41, 5.74) is 1.12. The molecule has 3 rings (SSSR count). The Bertz CT molecular complexity index is 960. The van der Waals surface area contributed by atoms with Crippen LogP contribution in [0.3, 0.4) is 0 Å². The Hall–Kier alpha value is -2.14. The SMILES string of the molecule is CC(=O)OC1(C(/C(=C/c2ccc(Cl)cc2)n2cncn2)C(C)(C)C)CC(C)CCC1C(C)C. The molecule has 0 N–H and O–H groups in total. The minimum absolute atomic E-state index is 0.110. The normalized spacial score (nSPS) is 25.2. The molecule has 1 aliphatic carbocycles. The van der Waals surface area contributed by atoms with E-state index < -0.39 is 5.60 Å². The van der Waals surface area contributed by atoms with Crippen molar-refractivity contribution in [1.29, 1.82) is 0 Å². The van der Waals surface area contributed by atoms with Gasteiger partial charge in [-0.25, -0.2) is 9.67 Å². The molecule has 0 aliphatic heterocycles. The molecule has 0 spiro atoms. The van der Waals surface area contributed by atoms with Crippen LogP contribution < -0.4 is 0 Å². The zero-order valence-corrected chi connectivity index (χ0v) is 21.8. The predicted molar refractivity (Wildman–Crippen MR) is 134 cm³/mol. The van der Waals surface area contributed by atoms with Crippen LogP contribution in [0.1, 0.15) is 73.3 Å². The van der Waals surface area contributed by atoms with Crippen LogP contribution in [0.5, 0.6) is 0 Å². The van der Waals surface area contributed by atoms with Gasteiger partial charge in [-0.05, 0) is 53.9 Å². The molecule has 1 heterocycles. The average molecular weight is 472 g/mol. The van der Waals surface area contributed by atoms with E-state index in [1.807, 2.05) is 28.9 Å². The highest BCUT2D eigenvalue weighted by atomic mass is 35.5. The number of esters is 1. The van der Waals surface area contributed by atoms with Gasteiger partial charge in [0.2, 0.25) is 0 Å². The van der Waals surface area contributed by atoms with E-state index in [0.717, 1.165) is 30.5 Å². The number of ether oxygens (including phenoxy) is 1. The third-order valence-corrected chi connectivity index (χ3v) is 7.17. The Labute approximate surface area is 203 Å². The van der Waals surface area contributed by atoms with Crippen LogP contribution in [-0.4, -0.2) is 26.3 Å². The minimum Gasteiger partial charge on any atom is -0.458 e. The van der Waals surface area contributed by atoms with Crippen LogP contribution in [0.15, 0.2) is 36.9 Å². The summed E-state index contributed by atoms with van der Waals surface area (Å²) >= 11 is 6.15. The highest BCUT2D eigenvalue weighted by molar-refractivity contribution is 6.30. The molecule has 4 atom stereocenters. The Morgan fingerprint density at radius 2 is 1.91 bits per heavy atom. The maximum atomic E-state index is 12.6. The van der Waals surface area contributed by atoms with E-state index in [2.05, 4.69) is 57.7 Å². The molecule has 1 aromatic heterocycles. The van der Waals surface area contributed by atoms with Crippen molar-refractivity contribution >= 4 is 29.3 Å². The molecular formula is C27H38ClN3O2. The van der Waals surface area contributed by atoms with Gasteiger partial charge < -0.3 is 4.74 Å². The van der Waals surface area contributed by atoms with Crippen LogP contribution >= 0.6 is 11.6 Å². The smallest absolute Gasteiger partial charge is 0.303 e. The van der Waals surface area contributed by atoms with Gasteiger partial charge in [0.1, 0.15) is 18.3 Å². The molecule has 180 valence electrons. The third kappa shape index (κ3) is 5.68. The van der Waals surface area contributed by atoms with E-state index in [1.165, 1.54) is 6.92 Å². The first kappa shape index (κ1) is 25.5. The van der Waals surface area contributed by atoms with Gasteiger partial charge in [-0.3, -0.25) is 4.79 Å². The fourth-order valence-electron chi connectivity index (χ4n) is 5.96. The third-order valence-electron chi connectivity index (χ3n) is 6.92. The number of carbonyl (C=O) groups is 1. The first-order chi connectivity index (χ1) is 15.4. The van der Waals surface area contributed by atoms with Crippen LogP contribution in [0.25, 0.3) is 11.8 Å². The summed E-state index contributed by atoms with van der Waals surface area (Å²) < 4.78 is 8.32. The maximum absolute atomic E-state index is 12.6. The van der Waals surface area contributed by atoms with Crippen molar-refractivity contribution in [2.75, 3.05) is 0 Å². The molecule has 6 heteroatoms. The number of aromatic nitrogens is 3. The van der Waals surface area contributed by atoms with Crippen LogP contribution in [0.4, 0.5) is 0 Å². The number of halogens is 1. The van der Waals surface area contributed by atoms with E-state index in [-0.39, 0.29) is 23.2 Å². The summed E-state index contributed by atoms with van der Waals surface area (Å²) in [5.74, 6) is 0.722. The standard InChI is InChI=1S/C27H38ClN3O2/c1-18(2)23-13-8-19(3)15-27(23,33-20(4)32)25(26(5,6)7)24(31-17-29-16-30-31)14-21-9-11-22(28)12-10-21/h9-12,14,16-19,23,25H,8,13,15H2,1-7H3/b24-14-. The van der Waals surface area contributed by atoms with Crippen LogP contribution in [0.2, 0.25) is 5.02 Å². The second-order valence-electron chi connectivity index (χ2n) is 11.0. The molecule has 1 aliphatic rings. The Morgan fingerprint density at radius 3 is 2.42 bits per heavy atom. The topological polar surface area (TPSA) is 57.0 Å². The lowest BCUT2D eigenvalue weighted by Gasteiger charge is -2.55. The van der Waals surface area contributed by atoms with Crippen molar-refractivity contribution in [3.05, 3.63) is 47.5 Å². The fourth-order valence-corrected chi connectivity index (χ4v) is 6.09. The molecule has 1 fully saturated rings. The molecular weight excluding hydrogens is 434 g/mol. The van der Waals surface area contributed by atoms with E-state index in [1.54, 1.807) is 12.7 Å². The molecule has 0 saturated heterocycles.